The fraction of sp³-hybridized carbons (Fsp3) is 0.238. The number of rotatable bonds is 26. The van der Waals surface area contributed by atoms with Gasteiger partial charge in [0.15, 0.2) is 19.0 Å². The summed E-state index contributed by atoms with van der Waals surface area (Å²) in [7, 11) is 0. The van der Waals surface area contributed by atoms with Gasteiger partial charge in [0.25, 0.3) is 0 Å². The molecule has 0 saturated carbocycles. The van der Waals surface area contributed by atoms with Gasteiger partial charge in [0.05, 0.1) is 35.7 Å². The van der Waals surface area contributed by atoms with Gasteiger partial charge in [-0.3, -0.25) is 25.3 Å². The summed E-state index contributed by atoms with van der Waals surface area (Å²) in [4.78, 5) is 32.2. The summed E-state index contributed by atoms with van der Waals surface area (Å²) < 4.78 is 2.47. The van der Waals surface area contributed by atoms with Crippen LogP contribution in [0.3, 0.4) is 0 Å². The maximum absolute atomic E-state index is 10.3. The highest BCUT2D eigenvalue weighted by Crippen LogP contribution is 2.68. The lowest BCUT2D eigenvalue weighted by molar-refractivity contribution is -0.539. The molecule has 0 amide bonds. The first-order chi connectivity index (χ1) is 67.4. The Labute approximate surface area is 806 Å². The number of aromatic nitrogens is 3. The second-order valence-corrected chi connectivity index (χ2v) is 37.7. The summed E-state index contributed by atoms with van der Waals surface area (Å²) in [5, 5.41) is 25.4. The van der Waals surface area contributed by atoms with E-state index in [0.29, 0.717) is 54.5 Å². The number of anilines is 1. The second-order valence-electron chi connectivity index (χ2n) is 37.7. The van der Waals surface area contributed by atoms with Gasteiger partial charge in [-0.1, -0.05) is 371 Å². The fourth-order valence-corrected chi connectivity index (χ4v) is 22.5. The lowest BCUT2D eigenvalue weighted by Gasteiger charge is -2.36. The third-order valence-corrected chi connectivity index (χ3v) is 29.3. The minimum atomic E-state index is 0. The topological polar surface area (TPSA) is 193 Å². The Morgan fingerprint density at radius 1 is 0.394 bits per heavy atom. The molecular formula is C122H126N14O+2. The van der Waals surface area contributed by atoms with Crippen molar-refractivity contribution in [1.29, 1.82) is 0 Å². The average molecular weight is 1800 g/mol. The predicted octanol–water partition coefficient (Wildman–Crippen LogP) is 20.3. The van der Waals surface area contributed by atoms with E-state index in [2.05, 4.69) is 466 Å². The molecule has 2 spiro atoms. The Balaban J connectivity index is 0.000000104. The number of fused-ring (bicyclic) bond motifs is 9. The van der Waals surface area contributed by atoms with Crippen LogP contribution in [0.15, 0.2) is 413 Å². The zero-order valence-corrected chi connectivity index (χ0v) is 77.1. The Morgan fingerprint density at radius 3 is 1.31 bits per heavy atom. The van der Waals surface area contributed by atoms with Gasteiger partial charge >= 0.3 is 0 Å². The van der Waals surface area contributed by atoms with Crippen molar-refractivity contribution in [1.82, 2.24) is 56.2 Å². The number of nitrogens with zero attached hydrogens (tertiary/aromatic N) is 4. The number of para-hydroxylation sites is 5. The first-order valence-corrected chi connectivity index (χ1v) is 49.0. The fourth-order valence-electron chi connectivity index (χ4n) is 22.5. The molecule has 26 rings (SSSR count). The van der Waals surface area contributed by atoms with E-state index in [9.17, 15) is 4.79 Å². The summed E-state index contributed by atoms with van der Waals surface area (Å²) in [6, 6.07) is 144. The summed E-state index contributed by atoms with van der Waals surface area (Å²) >= 11 is 0. The number of hydrogen-bond acceptors (Lipinski definition) is 10. The van der Waals surface area contributed by atoms with E-state index in [1.165, 1.54) is 129 Å². The second kappa shape index (κ2) is 42.6. The molecule has 14 atom stereocenters. The Morgan fingerprint density at radius 2 is 0.803 bits per heavy atom. The van der Waals surface area contributed by atoms with Gasteiger partial charge in [-0.25, -0.2) is 9.57 Å². The lowest BCUT2D eigenvalue weighted by atomic mass is 9.73. The van der Waals surface area contributed by atoms with Gasteiger partial charge in [-0.15, -0.1) is 0 Å². The predicted molar refractivity (Wildman–Crippen MR) is 560 cm³/mol. The molecule has 9 aliphatic heterocycles. The van der Waals surface area contributed by atoms with Gasteiger partial charge in [-0.05, 0) is 136 Å². The molecule has 0 bridgehead atoms. The SMILES string of the molecule is C.C(C1N[C@@H]1c1ccccc1)=[N+](CCc1c[nH]c2ccccc12)Cc1ccccc1.C1=[NH+]c2ccccc2[C@]12CCN(Cc1ccccc1)[C@@H]2[C@@H]1NC1c1ccccc1.O=C[C@H]1NC1c1ccccc1.c1ccc(CN2CC[C@@]34c5ccccc5N[C@@H]3N3C(c5ccccc5)[C@@H]3[C@@H]24)cc1.c1ccc(CNCCc2c[nH]c3ccccc23)cc1.c1ccc(CNCCc2c[nH]c3ccccc23)cc1. The number of benzene rings is 14. The average Bonchev–Trinajstić information content (AvgIpc) is 1.47. The van der Waals surface area contributed by atoms with Gasteiger partial charge in [0.1, 0.15) is 18.9 Å². The van der Waals surface area contributed by atoms with E-state index in [4.69, 9.17) is 0 Å². The Hall–Kier alpha value is -13.8. The van der Waals surface area contributed by atoms with Crippen LogP contribution in [0.25, 0.3) is 32.7 Å². The van der Waals surface area contributed by atoms with E-state index in [1.54, 1.807) is 5.56 Å². The number of carbonyl (C=O) groups is 1. The number of piperidine rings is 1. The van der Waals surface area contributed by atoms with Crippen LogP contribution in [0.4, 0.5) is 11.4 Å². The van der Waals surface area contributed by atoms with Crippen molar-refractivity contribution in [3.63, 3.8) is 0 Å². The molecule has 15 nitrogen and oxygen atoms in total. The highest BCUT2D eigenvalue weighted by molar-refractivity contribution is 5.85. The maximum Gasteiger partial charge on any atom is 0.207 e. The van der Waals surface area contributed by atoms with Crippen LogP contribution in [-0.2, 0) is 67.6 Å². The van der Waals surface area contributed by atoms with Crippen molar-refractivity contribution in [2.75, 3.05) is 38.0 Å². The molecular weight excluding hydrogens is 1680 g/mol. The zero-order valence-electron chi connectivity index (χ0n) is 77.1. The third kappa shape index (κ3) is 20.5. The quantitative estimate of drug-likeness (QED) is 0.00820. The minimum absolute atomic E-state index is 0. The molecule has 7 fully saturated rings. The van der Waals surface area contributed by atoms with Crippen molar-refractivity contribution in [2.24, 2.45) is 0 Å². The summed E-state index contributed by atoms with van der Waals surface area (Å²) in [5.74, 6) is 0. The van der Waals surface area contributed by atoms with Crippen LogP contribution < -0.4 is 36.9 Å². The molecule has 0 radical (unpaired) electrons. The van der Waals surface area contributed by atoms with Gasteiger partial charge in [0.2, 0.25) is 5.69 Å². The molecule has 14 aromatic carbocycles. The van der Waals surface area contributed by atoms with Crippen LogP contribution >= 0.6 is 0 Å². The summed E-state index contributed by atoms with van der Waals surface area (Å²) in [5.41, 5.74) is 26.0. The smallest absolute Gasteiger partial charge is 0.207 e. The largest absolute Gasteiger partial charge is 0.368 e. The van der Waals surface area contributed by atoms with Crippen molar-refractivity contribution in [2.45, 2.75) is 150 Å². The molecule has 137 heavy (non-hydrogen) atoms. The number of carbonyl (C=O) groups excluding carboxylic acids is 1. The molecule has 7 saturated heterocycles. The molecule has 5 unspecified atom stereocenters. The normalized spacial score (nSPS) is 23.3. The van der Waals surface area contributed by atoms with Gasteiger partial charge in [0, 0.05) is 149 Å². The molecule has 688 valence electrons. The first-order valence-electron chi connectivity index (χ1n) is 49.0. The highest BCUT2D eigenvalue weighted by Gasteiger charge is 2.77. The third-order valence-electron chi connectivity index (χ3n) is 29.3. The number of aromatic amines is 3. The van der Waals surface area contributed by atoms with E-state index in [0.717, 1.165) is 90.9 Å². The monoisotopic (exact) mass is 1800 g/mol. The molecule has 3 aromatic heterocycles. The van der Waals surface area contributed by atoms with Crippen LogP contribution in [-0.4, -0.2) is 128 Å². The summed E-state index contributed by atoms with van der Waals surface area (Å²) in [6.45, 7) is 10.1. The van der Waals surface area contributed by atoms with E-state index in [-0.39, 0.29) is 30.3 Å². The molecule has 17 aromatic rings. The molecule has 9 aliphatic rings. The first kappa shape index (κ1) is 91.0. The van der Waals surface area contributed by atoms with Gasteiger partial charge < -0.3 is 41.0 Å². The van der Waals surface area contributed by atoms with E-state index in [1.807, 2.05) is 30.3 Å². The van der Waals surface area contributed by atoms with Crippen molar-refractivity contribution < 1.29 is 14.4 Å². The number of hydrogen-bond donors (Lipinski definition) is 10. The molecule has 12 heterocycles. The number of aldehydes is 1. The van der Waals surface area contributed by atoms with Crippen LogP contribution in [0.1, 0.15) is 122 Å². The Bertz CT molecular complexity index is 6700. The number of nitrogens with one attached hydrogen (secondary N) is 10. The van der Waals surface area contributed by atoms with Crippen molar-refractivity contribution >= 4 is 62.8 Å². The lowest BCUT2D eigenvalue weighted by Crippen LogP contribution is -2.62. The van der Waals surface area contributed by atoms with E-state index < -0.39 is 0 Å². The highest BCUT2D eigenvalue weighted by atomic mass is 16.1. The van der Waals surface area contributed by atoms with Crippen molar-refractivity contribution in [3.05, 3.63) is 491 Å². The molecule has 15 heteroatoms. The molecule has 0 aliphatic carbocycles. The van der Waals surface area contributed by atoms with E-state index >= 15 is 0 Å². The standard InChI is InChI=1S/2C26H25N3.C26H26N3.2C17H18N2.C9H9NO.CH4/c1-3-9-18(10-4-1)17-28-16-15-26-20-13-7-8-14-21(20)27-25(26)29-22(23(29)24(26)28)19-11-5-2-6-12-19;1-3-9-19(10-4-1)17-29-16-15-26(18-27-22-14-8-7-13-21(22)26)25(29)24-23(28-24)20-11-5-2-6-12-20;1-3-9-20(10-4-1)18-29(19-25-26(28-25)21-11-5-2-6-12-21)16-15-22-17-27-24-14-8-7-13-23(22)24;2*1-2-6-14(7-3-1)12-18-11-10-15-13-19-17-9-5-4-8-16(15)17;11-6-8-9(10-8)7-4-2-1-3-5-7;/h1-14,22-25,27H,15-17H2;1-14,18,23-25,28H,15-17H2;1-14,17,19,25-28H,15-16,18H2;2*1-9,13,18-19H,10-12H2;1-6,8-10H;1H4/q;;+1;;;;/p+1/t22?,23-,24-,25-,26+,29?;23?,24-,25-,26+;25?,26-;;;8-,9?;/m111..1./s1. The maximum atomic E-state index is 10.3. The minimum Gasteiger partial charge on any atom is -0.368 e. The van der Waals surface area contributed by atoms with Crippen molar-refractivity contribution in [3.8, 4) is 0 Å². The Kier molecular flexibility index (Phi) is 28.3. The summed E-state index contributed by atoms with van der Waals surface area (Å²) in [6.07, 6.45) is 18.1. The van der Waals surface area contributed by atoms with Crippen LogP contribution in [0, 0.1) is 0 Å². The molecule has 10 N–H and O–H groups in total. The number of H-pyrrole nitrogens is 3. The van der Waals surface area contributed by atoms with Gasteiger partial charge in [-0.2, -0.15) is 0 Å². The van der Waals surface area contributed by atoms with Crippen LogP contribution in [0.5, 0.6) is 0 Å². The number of likely N-dealkylation sites (tertiary alicyclic amines) is 2. The van der Waals surface area contributed by atoms with Crippen LogP contribution in [0.2, 0.25) is 0 Å². The zero-order chi connectivity index (χ0) is 91.2.